The van der Waals surface area contributed by atoms with Crippen LogP contribution >= 0.6 is 15.9 Å². The fourth-order valence-corrected chi connectivity index (χ4v) is 2.31. The van der Waals surface area contributed by atoms with E-state index in [9.17, 15) is 0 Å². The summed E-state index contributed by atoms with van der Waals surface area (Å²) in [5.41, 5.74) is 0. The number of nitrogens with one attached hydrogen (secondary N) is 1. The molecule has 0 saturated carbocycles. The van der Waals surface area contributed by atoms with Crippen molar-refractivity contribution in [2.75, 3.05) is 23.3 Å². The van der Waals surface area contributed by atoms with Gasteiger partial charge < -0.3 is 10.2 Å². The Kier molecular flexibility index (Phi) is 5.68. The van der Waals surface area contributed by atoms with Gasteiger partial charge in [0.2, 0.25) is 0 Å². The molecule has 0 fully saturated rings. The molecular formula is C12H21BrN4. The Morgan fingerprint density at radius 3 is 2.59 bits per heavy atom. The number of anilines is 2. The Morgan fingerprint density at radius 1 is 1.35 bits per heavy atom. The van der Waals surface area contributed by atoms with Crippen molar-refractivity contribution >= 4 is 27.6 Å². The van der Waals surface area contributed by atoms with Crippen LogP contribution in [0.15, 0.2) is 10.8 Å². The van der Waals surface area contributed by atoms with Gasteiger partial charge in [-0.3, -0.25) is 0 Å². The SMILES string of the molecule is CCNc1ncnc(N(CC)C(C)CC)c1Br. The molecule has 0 aromatic carbocycles. The average Bonchev–Trinajstić information content (AvgIpc) is 2.34. The molecule has 1 heterocycles. The van der Waals surface area contributed by atoms with Crippen LogP contribution in [0.3, 0.4) is 0 Å². The van der Waals surface area contributed by atoms with E-state index in [2.05, 4.69) is 63.8 Å². The van der Waals surface area contributed by atoms with Crippen molar-refractivity contribution in [1.82, 2.24) is 9.97 Å². The lowest BCUT2D eigenvalue weighted by molar-refractivity contribution is 0.621. The zero-order valence-corrected chi connectivity index (χ0v) is 12.6. The van der Waals surface area contributed by atoms with E-state index in [0.717, 1.165) is 35.6 Å². The lowest BCUT2D eigenvalue weighted by Crippen LogP contribution is -2.33. The molecule has 1 aromatic rings. The number of halogens is 1. The van der Waals surface area contributed by atoms with E-state index in [0.29, 0.717) is 6.04 Å². The molecule has 0 saturated heterocycles. The van der Waals surface area contributed by atoms with Gasteiger partial charge in [-0.05, 0) is 43.1 Å². The van der Waals surface area contributed by atoms with E-state index in [1.54, 1.807) is 6.33 Å². The number of hydrogen-bond acceptors (Lipinski definition) is 4. The van der Waals surface area contributed by atoms with Gasteiger partial charge >= 0.3 is 0 Å². The molecule has 1 rings (SSSR count). The highest BCUT2D eigenvalue weighted by molar-refractivity contribution is 9.10. The molecule has 0 aliphatic rings. The number of hydrogen-bond donors (Lipinski definition) is 1. The maximum atomic E-state index is 4.39. The van der Waals surface area contributed by atoms with Crippen molar-refractivity contribution in [2.45, 2.75) is 40.2 Å². The van der Waals surface area contributed by atoms with Gasteiger partial charge in [-0.2, -0.15) is 0 Å². The van der Waals surface area contributed by atoms with Crippen LogP contribution in [0, 0.1) is 0 Å². The van der Waals surface area contributed by atoms with Crippen LogP contribution in [0.2, 0.25) is 0 Å². The molecule has 1 N–H and O–H groups in total. The van der Waals surface area contributed by atoms with Crippen LogP contribution in [-0.2, 0) is 0 Å². The molecule has 17 heavy (non-hydrogen) atoms. The number of nitrogens with zero attached hydrogens (tertiary/aromatic N) is 3. The normalized spacial score (nSPS) is 12.3. The third-order valence-electron chi connectivity index (χ3n) is 2.85. The van der Waals surface area contributed by atoms with Crippen LogP contribution in [0.4, 0.5) is 11.6 Å². The van der Waals surface area contributed by atoms with Crippen molar-refractivity contribution in [3.05, 3.63) is 10.8 Å². The summed E-state index contributed by atoms with van der Waals surface area (Å²) < 4.78 is 0.948. The zero-order valence-electron chi connectivity index (χ0n) is 11.0. The quantitative estimate of drug-likeness (QED) is 0.875. The molecule has 96 valence electrons. The van der Waals surface area contributed by atoms with Crippen LogP contribution < -0.4 is 10.2 Å². The minimum Gasteiger partial charge on any atom is -0.369 e. The predicted molar refractivity (Wildman–Crippen MR) is 76.7 cm³/mol. The average molecular weight is 301 g/mol. The van der Waals surface area contributed by atoms with Gasteiger partial charge in [-0.1, -0.05) is 6.92 Å². The summed E-state index contributed by atoms with van der Waals surface area (Å²) in [5, 5.41) is 3.23. The highest BCUT2D eigenvalue weighted by Crippen LogP contribution is 2.30. The highest BCUT2D eigenvalue weighted by atomic mass is 79.9. The smallest absolute Gasteiger partial charge is 0.148 e. The highest BCUT2D eigenvalue weighted by Gasteiger charge is 2.17. The maximum absolute atomic E-state index is 4.39. The third-order valence-corrected chi connectivity index (χ3v) is 3.58. The van der Waals surface area contributed by atoms with E-state index >= 15 is 0 Å². The maximum Gasteiger partial charge on any atom is 0.148 e. The second kappa shape index (κ2) is 6.79. The fraction of sp³-hybridized carbons (Fsp3) is 0.667. The molecule has 0 aliphatic carbocycles. The van der Waals surface area contributed by atoms with E-state index in [4.69, 9.17) is 0 Å². The molecule has 4 nitrogen and oxygen atoms in total. The van der Waals surface area contributed by atoms with Gasteiger partial charge in [0.25, 0.3) is 0 Å². The monoisotopic (exact) mass is 300 g/mol. The first-order valence-electron chi connectivity index (χ1n) is 6.16. The molecule has 1 atom stereocenters. The molecule has 1 aromatic heterocycles. The first kappa shape index (κ1) is 14.2. The summed E-state index contributed by atoms with van der Waals surface area (Å²) in [6, 6.07) is 0.473. The lowest BCUT2D eigenvalue weighted by Gasteiger charge is -2.29. The summed E-state index contributed by atoms with van der Waals surface area (Å²) in [6.45, 7) is 10.4. The standard InChI is InChI=1S/C12H21BrN4/c1-5-9(4)17(7-3)12-10(13)11(14-6-2)15-8-16-12/h8-9H,5-7H2,1-4H3,(H,14,15,16). The molecule has 0 aliphatic heterocycles. The zero-order chi connectivity index (χ0) is 12.8. The third kappa shape index (κ3) is 3.31. The van der Waals surface area contributed by atoms with Crippen LogP contribution in [0.25, 0.3) is 0 Å². The minimum absolute atomic E-state index is 0.473. The molecule has 1 unspecified atom stereocenters. The van der Waals surface area contributed by atoms with E-state index in [1.165, 1.54) is 0 Å². The first-order valence-corrected chi connectivity index (χ1v) is 6.95. The molecular weight excluding hydrogens is 280 g/mol. The fourth-order valence-electron chi connectivity index (χ4n) is 1.74. The van der Waals surface area contributed by atoms with Gasteiger partial charge in [-0.25, -0.2) is 9.97 Å². The Bertz CT molecular complexity index is 356. The van der Waals surface area contributed by atoms with E-state index < -0.39 is 0 Å². The van der Waals surface area contributed by atoms with E-state index in [1.807, 2.05) is 0 Å². The van der Waals surface area contributed by atoms with Gasteiger partial charge in [0, 0.05) is 19.1 Å². The van der Waals surface area contributed by atoms with Gasteiger partial charge in [0.15, 0.2) is 0 Å². The van der Waals surface area contributed by atoms with E-state index in [-0.39, 0.29) is 0 Å². The molecule has 0 radical (unpaired) electrons. The summed E-state index contributed by atoms with van der Waals surface area (Å²) in [7, 11) is 0. The lowest BCUT2D eigenvalue weighted by atomic mass is 10.2. The van der Waals surface area contributed by atoms with Crippen molar-refractivity contribution < 1.29 is 0 Å². The Morgan fingerprint density at radius 2 is 2.06 bits per heavy atom. The molecule has 0 amide bonds. The van der Waals surface area contributed by atoms with Gasteiger partial charge in [-0.15, -0.1) is 0 Å². The minimum atomic E-state index is 0.473. The molecule has 0 bridgehead atoms. The first-order chi connectivity index (χ1) is 8.15. The van der Waals surface area contributed by atoms with Crippen molar-refractivity contribution in [2.24, 2.45) is 0 Å². The Hall–Kier alpha value is -0.840. The second-order valence-electron chi connectivity index (χ2n) is 3.93. The van der Waals surface area contributed by atoms with Crippen molar-refractivity contribution in [3.8, 4) is 0 Å². The Balaban J connectivity index is 3.07. The number of rotatable bonds is 6. The topological polar surface area (TPSA) is 41.1 Å². The second-order valence-corrected chi connectivity index (χ2v) is 4.73. The van der Waals surface area contributed by atoms with Crippen molar-refractivity contribution in [3.63, 3.8) is 0 Å². The summed E-state index contributed by atoms with van der Waals surface area (Å²) in [5.74, 6) is 1.83. The number of aromatic nitrogens is 2. The van der Waals surface area contributed by atoms with Gasteiger partial charge in [0.05, 0.1) is 0 Å². The predicted octanol–water partition coefficient (Wildman–Crippen LogP) is 3.30. The van der Waals surface area contributed by atoms with Crippen LogP contribution in [0.1, 0.15) is 34.1 Å². The van der Waals surface area contributed by atoms with Crippen LogP contribution in [0.5, 0.6) is 0 Å². The van der Waals surface area contributed by atoms with Crippen molar-refractivity contribution in [1.29, 1.82) is 0 Å². The summed E-state index contributed by atoms with van der Waals surface area (Å²) in [4.78, 5) is 10.9. The summed E-state index contributed by atoms with van der Waals surface area (Å²) >= 11 is 3.59. The summed E-state index contributed by atoms with van der Waals surface area (Å²) in [6.07, 6.45) is 2.71. The molecule has 0 spiro atoms. The Labute approximate surface area is 112 Å². The van der Waals surface area contributed by atoms with Gasteiger partial charge in [0.1, 0.15) is 22.4 Å². The molecule has 5 heteroatoms. The largest absolute Gasteiger partial charge is 0.369 e. The van der Waals surface area contributed by atoms with Crippen LogP contribution in [-0.4, -0.2) is 29.1 Å².